The number of hydrogen-bond acceptors (Lipinski definition) is 2. The van der Waals surface area contributed by atoms with Crippen LogP contribution in [0.1, 0.15) is 41.3 Å². The summed E-state index contributed by atoms with van der Waals surface area (Å²) in [5, 5.41) is 3.06. The monoisotopic (exact) mass is 364 g/mol. The number of nitrogens with zero attached hydrogens (tertiary/aromatic N) is 1. The summed E-state index contributed by atoms with van der Waals surface area (Å²) in [7, 11) is 0. The third-order valence-electron chi connectivity index (χ3n) is 5.15. The van der Waals surface area contributed by atoms with E-state index < -0.39 is 0 Å². The Morgan fingerprint density at radius 3 is 2.33 bits per heavy atom. The van der Waals surface area contributed by atoms with Gasteiger partial charge in [0.25, 0.3) is 5.91 Å². The van der Waals surface area contributed by atoms with Crippen LogP contribution in [-0.2, 0) is 4.79 Å². The van der Waals surface area contributed by atoms with Crippen molar-refractivity contribution in [3.8, 4) is 0 Å². The zero-order chi connectivity index (χ0) is 19.4. The van der Waals surface area contributed by atoms with Crippen molar-refractivity contribution in [1.29, 1.82) is 0 Å². The van der Waals surface area contributed by atoms with Crippen LogP contribution in [0, 0.1) is 18.8 Å². The minimum atomic E-state index is -0.223. The molecule has 1 N–H and O–H groups in total. The van der Waals surface area contributed by atoms with Crippen LogP contribution < -0.4 is 5.32 Å². The van der Waals surface area contributed by atoms with E-state index >= 15 is 0 Å². The molecule has 1 heterocycles. The van der Waals surface area contributed by atoms with Gasteiger partial charge in [0.15, 0.2) is 0 Å². The zero-order valence-corrected chi connectivity index (χ0v) is 16.3. The minimum Gasteiger partial charge on any atom is -0.356 e. The lowest BCUT2D eigenvalue weighted by Crippen LogP contribution is -2.37. The lowest BCUT2D eigenvalue weighted by Gasteiger charge is -2.19. The summed E-state index contributed by atoms with van der Waals surface area (Å²) in [5.41, 5.74) is 2.98. The van der Waals surface area contributed by atoms with E-state index in [9.17, 15) is 9.59 Å². The van der Waals surface area contributed by atoms with Gasteiger partial charge in [-0.05, 0) is 30.5 Å². The molecule has 0 radical (unpaired) electrons. The van der Waals surface area contributed by atoms with Gasteiger partial charge in [0, 0.05) is 31.1 Å². The molecule has 3 rings (SSSR count). The van der Waals surface area contributed by atoms with Crippen molar-refractivity contribution >= 4 is 11.8 Å². The second-order valence-electron chi connectivity index (χ2n) is 7.84. The molecule has 0 aromatic heterocycles. The van der Waals surface area contributed by atoms with Gasteiger partial charge >= 0.3 is 0 Å². The number of carbonyl (C=O) groups excluding carboxylic acids is 2. The highest BCUT2D eigenvalue weighted by Crippen LogP contribution is 2.34. The number of nitrogens with one attached hydrogen (secondary N) is 1. The largest absolute Gasteiger partial charge is 0.356 e. The Bertz CT molecular complexity index is 784. The highest BCUT2D eigenvalue weighted by molar-refractivity contribution is 5.95. The molecule has 1 aliphatic heterocycles. The molecule has 0 unspecified atom stereocenters. The quantitative estimate of drug-likeness (QED) is 0.881. The molecule has 2 atom stereocenters. The first kappa shape index (κ1) is 19.2. The number of aryl methyl sites for hydroxylation is 1. The molecular formula is C23H28N2O2. The number of benzene rings is 2. The van der Waals surface area contributed by atoms with Crippen molar-refractivity contribution in [2.45, 2.75) is 26.7 Å². The van der Waals surface area contributed by atoms with Crippen molar-refractivity contribution in [2.75, 3.05) is 19.6 Å². The Labute approximate surface area is 161 Å². The van der Waals surface area contributed by atoms with Crippen LogP contribution in [0.3, 0.4) is 0 Å². The molecule has 0 aliphatic carbocycles. The summed E-state index contributed by atoms with van der Waals surface area (Å²) in [6, 6.07) is 17.6. The van der Waals surface area contributed by atoms with Crippen molar-refractivity contribution in [3.63, 3.8) is 0 Å². The van der Waals surface area contributed by atoms with Gasteiger partial charge in [-0.2, -0.15) is 0 Å². The Morgan fingerprint density at radius 1 is 1.04 bits per heavy atom. The summed E-state index contributed by atoms with van der Waals surface area (Å²) >= 11 is 0. The average molecular weight is 364 g/mol. The number of carbonyl (C=O) groups is 2. The molecule has 2 aromatic carbocycles. The van der Waals surface area contributed by atoms with E-state index in [1.54, 1.807) is 0 Å². The van der Waals surface area contributed by atoms with Crippen LogP contribution in [-0.4, -0.2) is 36.3 Å². The van der Waals surface area contributed by atoms with E-state index in [1.165, 1.54) is 5.56 Å². The second kappa shape index (κ2) is 8.38. The fourth-order valence-electron chi connectivity index (χ4n) is 3.59. The molecular weight excluding hydrogens is 336 g/mol. The normalized spacial score (nSPS) is 19.3. The maximum atomic E-state index is 12.9. The maximum Gasteiger partial charge on any atom is 0.253 e. The Balaban J connectivity index is 1.82. The SMILES string of the molecule is Cc1ccc([C@@H]2CN(C(=O)c3ccccc3)C[C@H]2C(=O)NCC(C)C)cc1. The van der Waals surface area contributed by atoms with E-state index in [2.05, 4.69) is 50.4 Å². The summed E-state index contributed by atoms with van der Waals surface area (Å²) in [5.74, 6) is 0.226. The van der Waals surface area contributed by atoms with Gasteiger partial charge in [0.2, 0.25) is 5.91 Å². The maximum absolute atomic E-state index is 12.9. The highest BCUT2D eigenvalue weighted by atomic mass is 16.2. The third kappa shape index (κ3) is 4.57. The standard InChI is InChI=1S/C23H28N2O2/c1-16(2)13-24-22(26)21-15-25(23(27)19-7-5-4-6-8-19)14-20(21)18-11-9-17(3)10-12-18/h4-12,16,20-21H,13-15H2,1-3H3,(H,24,26)/t20-,21+/m0/s1. The average Bonchev–Trinajstić information content (AvgIpc) is 3.12. The molecule has 4 heteroatoms. The lowest BCUT2D eigenvalue weighted by molar-refractivity contribution is -0.125. The van der Waals surface area contributed by atoms with E-state index in [-0.39, 0.29) is 23.7 Å². The van der Waals surface area contributed by atoms with Crippen LogP contribution in [0.5, 0.6) is 0 Å². The Hall–Kier alpha value is -2.62. The molecule has 1 aliphatic rings. The van der Waals surface area contributed by atoms with Crippen LogP contribution in [0.2, 0.25) is 0 Å². The van der Waals surface area contributed by atoms with Crippen LogP contribution in [0.15, 0.2) is 54.6 Å². The fraction of sp³-hybridized carbons (Fsp3) is 0.391. The van der Waals surface area contributed by atoms with E-state index in [0.29, 0.717) is 31.1 Å². The van der Waals surface area contributed by atoms with E-state index in [1.807, 2.05) is 35.2 Å². The van der Waals surface area contributed by atoms with Gasteiger partial charge in [-0.25, -0.2) is 0 Å². The molecule has 1 saturated heterocycles. The summed E-state index contributed by atoms with van der Waals surface area (Å²) in [6.07, 6.45) is 0. The highest BCUT2D eigenvalue weighted by Gasteiger charge is 2.40. The Kier molecular flexibility index (Phi) is 5.94. The molecule has 27 heavy (non-hydrogen) atoms. The first-order chi connectivity index (χ1) is 13.0. The van der Waals surface area contributed by atoms with Gasteiger partial charge in [0.05, 0.1) is 5.92 Å². The number of rotatable bonds is 5. The number of likely N-dealkylation sites (tertiary alicyclic amines) is 1. The van der Waals surface area contributed by atoms with Gasteiger partial charge in [-0.1, -0.05) is 61.9 Å². The number of hydrogen-bond donors (Lipinski definition) is 1. The molecule has 1 fully saturated rings. The van der Waals surface area contributed by atoms with Crippen molar-refractivity contribution in [1.82, 2.24) is 10.2 Å². The predicted molar refractivity (Wildman–Crippen MR) is 108 cm³/mol. The zero-order valence-electron chi connectivity index (χ0n) is 16.3. The summed E-state index contributed by atoms with van der Waals surface area (Å²) in [6.45, 7) is 7.89. The first-order valence-electron chi connectivity index (χ1n) is 9.64. The van der Waals surface area contributed by atoms with E-state index in [0.717, 1.165) is 5.56 Å². The second-order valence-corrected chi connectivity index (χ2v) is 7.84. The van der Waals surface area contributed by atoms with Gasteiger partial charge in [-0.3, -0.25) is 9.59 Å². The van der Waals surface area contributed by atoms with Crippen molar-refractivity contribution in [3.05, 3.63) is 71.3 Å². The Morgan fingerprint density at radius 2 is 1.70 bits per heavy atom. The van der Waals surface area contributed by atoms with Gasteiger partial charge in [0.1, 0.15) is 0 Å². The lowest BCUT2D eigenvalue weighted by atomic mass is 9.88. The minimum absolute atomic E-state index is 0.00753. The van der Waals surface area contributed by atoms with Gasteiger partial charge in [-0.15, -0.1) is 0 Å². The first-order valence-corrected chi connectivity index (χ1v) is 9.64. The van der Waals surface area contributed by atoms with Crippen LogP contribution >= 0.6 is 0 Å². The molecule has 2 amide bonds. The smallest absolute Gasteiger partial charge is 0.253 e. The van der Waals surface area contributed by atoms with Crippen LogP contribution in [0.25, 0.3) is 0 Å². The fourth-order valence-corrected chi connectivity index (χ4v) is 3.59. The molecule has 0 spiro atoms. The molecule has 2 aromatic rings. The third-order valence-corrected chi connectivity index (χ3v) is 5.15. The summed E-state index contributed by atoms with van der Waals surface area (Å²) < 4.78 is 0. The topological polar surface area (TPSA) is 49.4 Å². The molecule has 0 saturated carbocycles. The van der Waals surface area contributed by atoms with Crippen molar-refractivity contribution in [2.24, 2.45) is 11.8 Å². The van der Waals surface area contributed by atoms with Gasteiger partial charge < -0.3 is 10.2 Å². The van der Waals surface area contributed by atoms with E-state index in [4.69, 9.17) is 0 Å². The van der Waals surface area contributed by atoms with Crippen molar-refractivity contribution < 1.29 is 9.59 Å². The van der Waals surface area contributed by atoms with Crippen LogP contribution in [0.4, 0.5) is 0 Å². The molecule has 4 nitrogen and oxygen atoms in total. The molecule has 0 bridgehead atoms. The summed E-state index contributed by atoms with van der Waals surface area (Å²) in [4.78, 5) is 27.6. The number of amides is 2. The predicted octanol–water partition coefficient (Wildman–Crippen LogP) is 3.62. The molecule has 142 valence electrons.